The summed E-state index contributed by atoms with van der Waals surface area (Å²) in [6.45, 7) is 6.38. The average molecular weight is 175 g/mol. The first-order valence-corrected chi connectivity index (χ1v) is 4.42. The summed E-state index contributed by atoms with van der Waals surface area (Å²) in [4.78, 5) is 4.13. The fraction of sp³-hybridized carbons (Fsp3) is 0.364. The van der Waals surface area contributed by atoms with Crippen LogP contribution in [0, 0.1) is 0 Å². The molecule has 68 valence electrons. The first-order chi connectivity index (χ1) is 6.07. The van der Waals surface area contributed by atoms with Crippen molar-refractivity contribution in [1.82, 2.24) is 4.98 Å². The molecule has 2 rings (SSSR count). The molecule has 0 fully saturated rings. The molecular weight excluding hydrogens is 162 g/mol. The fourth-order valence-electron chi connectivity index (χ4n) is 1.25. The quantitative estimate of drug-likeness (QED) is 0.615. The molecule has 0 saturated heterocycles. The Hall–Kier alpha value is -1.31. The van der Waals surface area contributed by atoms with Crippen LogP contribution >= 0.6 is 0 Å². The second-order valence-electron chi connectivity index (χ2n) is 4.25. The van der Waals surface area contributed by atoms with Gasteiger partial charge >= 0.3 is 0 Å². The van der Waals surface area contributed by atoms with Gasteiger partial charge in [-0.15, -0.1) is 0 Å². The number of rotatable bonds is 0. The Morgan fingerprint density at radius 3 is 2.62 bits per heavy atom. The average Bonchev–Trinajstić information content (AvgIpc) is 2.47. The first kappa shape index (κ1) is 8.30. The Labute approximate surface area is 77.9 Å². The fourth-order valence-corrected chi connectivity index (χ4v) is 1.25. The SMILES string of the molecule is CC(C)(C)c1ccc2ccnc-2o1. The van der Waals surface area contributed by atoms with E-state index in [9.17, 15) is 0 Å². The van der Waals surface area contributed by atoms with Crippen LogP contribution in [0.15, 0.2) is 28.8 Å². The van der Waals surface area contributed by atoms with Crippen LogP contribution in [0.25, 0.3) is 11.5 Å². The molecule has 2 heteroatoms. The van der Waals surface area contributed by atoms with Crippen LogP contribution in [0.3, 0.4) is 0 Å². The lowest BCUT2D eigenvalue weighted by Gasteiger charge is -2.17. The van der Waals surface area contributed by atoms with Crippen LogP contribution in [-0.4, -0.2) is 4.98 Å². The lowest BCUT2D eigenvalue weighted by molar-refractivity contribution is 0.399. The lowest BCUT2D eigenvalue weighted by atomic mass is 9.93. The highest BCUT2D eigenvalue weighted by Crippen LogP contribution is 2.28. The molecule has 0 saturated carbocycles. The molecule has 0 atom stereocenters. The van der Waals surface area contributed by atoms with Crippen LogP contribution in [0.2, 0.25) is 0 Å². The van der Waals surface area contributed by atoms with Crippen molar-refractivity contribution in [2.24, 2.45) is 0 Å². The van der Waals surface area contributed by atoms with E-state index in [-0.39, 0.29) is 5.41 Å². The molecule has 2 nitrogen and oxygen atoms in total. The summed E-state index contributed by atoms with van der Waals surface area (Å²) in [5.74, 6) is 1.70. The third-order valence-electron chi connectivity index (χ3n) is 2.05. The smallest absolute Gasteiger partial charge is 0.226 e. The molecule has 0 spiro atoms. The molecule has 0 aliphatic carbocycles. The second kappa shape index (κ2) is 2.59. The van der Waals surface area contributed by atoms with Gasteiger partial charge in [-0.3, -0.25) is 0 Å². The van der Waals surface area contributed by atoms with Crippen molar-refractivity contribution in [2.45, 2.75) is 26.2 Å². The Kier molecular flexibility index (Phi) is 1.65. The van der Waals surface area contributed by atoms with Crippen molar-refractivity contribution in [3.63, 3.8) is 0 Å². The minimum atomic E-state index is 0.0487. The lowest BCUT2D eigenvalue weighted by Crippen LogP contribution is -2.10. The summed E-state index contributed by atoms with van der Waals surface area (Å²) in [6.07, 6.45) is 1.76. The molecule has 0 aromatic heterocycles. The van der Waals surface area contributed by atoms with E-state index < -0.39 is 0 Å². The van der Waals surface area contributed by atoms with Gasteiger partial charge in [0.1, 0.15) is 5.76 Å². The molecule has 2 aliphatic heterocycles. The van der Waals surface area contributed by atoms with Gasteiger partial charge in [-0.1, -0.05) is 20.8 Å². The maximum atomic E-state index is 5.66. The molecular formula is C11H13NO. The highest BCUT2D eigenvalue weighted by Gasteiger charge is 2.18. The topological polar surface area (TPSA) is 26.0 Å². The van der Waals surface area contributed by atoms with E-state index in [0.717, 1.165) is 17.2 Å². The number of aromatic nitrogens is 1. The van der Waals surface area contributed by atoms with Crippen molar-refractivity contribution in [3.05, 3.63) is 30.2 Å². The number of fused-ring (bicyclic) bond motifs is 1. The maximum Gasteiger partial charge on any atom is 0.226 e. The largest absolute Gasteiger partial charge is 0.442 e. The van der Waals surface area contributed by atoms with Gasteiger partial charge in [-0.05, 0) is 18.2 Å². The Balaban J connectivity index is 2.56. The van der Waals surface area contributed by atoms with Gasteiger partial charge < -0.3 is 4.42 Å². The van der Waals surface area contributed by atoms with Crippen molar-refractivity contribution in [2.75, 3.05) is 0 Å². The highest BCUT2D eigenvalue weighted by molar-refractivity contribution is 5.54. The minimum Gasteiger partial charge on any atom is -0.442 e. The Morgan fingerprint density at radius 1 is 1.15 bits per heavy atom. The Bertz CT molecular complexity index is 384. The van der Waals surface area contributed by atoms with Crippen LogP contribution in [-0.2, 0) is 5.41 Å². The summed E-state index contributed by atoms with van der Waals surface area (Å²) in [7, 11) is 0. The monoisotopic (exact) mass is 175 g/mol. The minimum absolute atomic E-state index is 0.0487. The standard InChI is InChI=1S/C11H13NO/c1-11(2,3)9-5-4-8-6-7-12-10(8)13-9/h4-7H,1-3H3. The van der Waals surface area contributed by atoms with E-state index in [2.05, 4.69) is 25.8 Å². The summed E-state index contributed by atoms with van der Waals surface area (Å²) < 4.78 is 5.66. The third kappa shape index (κ3) is 1.44. The highest BCUT2D eigenvalue weighted by atomic mass is 16.3. The van der Waals surface area contributed by atoms with Crippen LogP contribution in [0.5, 0.6) is 0 Å². The van der Waals surface area contributed by atoms with Crippen LogP contribution in [0.4, 0.5) is 0 Å². The van der Waals surface area contributed by atoms with Gasteiger partial charge in [0, 0.05) is 17.2 Å². The first-order valence-electron chi connectivity index (χ1n) is 4.42. The van der Waals surface area contributed by atoms with Gasteiger partial charge in [0.15, 0.2) is 0 Å². The van der Waals surface area contributed by atoms with Gasteiger partial charge in [0.2, 0.25) is 5.89 Å². The predicted molar refractivity (Wildman–Crippen MR) is 51.8 cm³/mol. The van der Waals surface area contributed by atoms with E-state index in [0.29, 0.717) is 0 Å². The van der Waals surface area contributed by atoms with Gasteiger partial charge in [0.25, 0.3) is 0 Å². The number of hydrogen-bond donors (Lipinski definition) is 0. The predicted octanol–water partition coefficient (Wildman–Crippen LogP) is 3.08. The molecule has 0 aromatic carbocycles. The van der Waals surface area contributed by atoms with E-state index in [1.54, 1.807) is 6.20 Å². The number of nitrogens with zero attached hydrogens (tertiary/aromatic N) is 1. The molecule has 0 amide bonds. The van der Waals surface area contributed by atoms with Crippen molar-refractivity contribution < 1.29 is 4.42 Å². The van der Waals surface area contributed by atoms with Crippen molar-refractivity contribution in [3.8, 4) is 11.5 Å². The molecule has 2 aliphatic rings. The number of hydrogen-bond acceptors (Lipinski definition) is 2. The molecule has 2 heterocycles. The normalized spacial score (nSPS) is 12.2. The van der Waals surface area contributed by atoms with Crippen molar-refractivity contribution >= 4 is 0 Å². The molecule has 0 radical (unpaired) electrons. The summed E-state index contributed by atoms with van der Waals surface area (Å²) in [6, 6.07) is 6.02. The summed E-state index contributed by atoms with van der Waals surface area (Å²) >= 11 is 0. The molecule has 0 N–H and O–H groups in total. The van der Waals surface area contributed by atoms with Crippen LogP contribution < -0.4 is 0 Å². The molecule has 0 unspecified atom stereocenters. The van der Waals surface area contributed by atoms with Gasteiger partial charge in [-0.2, -0.15) is 0 Å². The maximum absolute atomic E-state index is 5.66. The zero-order chi connectivity index (χ0) is 9.47. The van der Waals surface area contributed by atoms with E-state index >= 15 is 0 Å². The van der Waals surface area contributed by atoms with Crippen LogP contribution in [0.1, 0.15) is 26.5 Å². The van der Waals surface area contributed by atoms with E-state index in [4.69, 9.17) is 4.42 Å². The molecule has 0 bridgehead atoms. The summed E-state index contributed by atoms with van der Waals surface area (Å²) in [5.41, 5.74) is 1.11. The Morgan fingerprint density at radius 2 is 1.92 bits per heavy atom. The van der Waals surface area contributed by atoms with E-state index in [1.165, 1.54) is 0 Å². The zero-order valence-electron chi connectivity index (χ0n) is 8.16. The van der Waals surface area contributed by atoms with Gasteiger partial charge in [-0.25, -0.2) is 4.98 Å². The third-order valence-corrected chi connectivity index (χ3v) is 2.05. The van der Waals surface area contributed by atoms with Crippen molar-refractivity contribution in [1.29, 1.82) is 0 Å². The molecule has 0 aromatic rings. The van der Waals surface area contributed by atoms with E-state index in [1.807, 2.05) is 18.2 Å². The van der Waals surface area contributed by atoms with Gasteiger partial charge in [0.05, 0.1) is 0 Å². The second-order valence-corrected chi connectivity index (χ2v) is 4.25. The zero-order valence-corrected chi connectivity index (χ0v) is 8.16. The molecule has 13 heavy (non-hydrogen) atoms. The summed E-state index contributed by atoms with van der Waals surface area (Å²) in [5, 5.41) is 0.